The third-order valence-corrected chi connectivity index (χ3v) is 4.15. The molecule has 0 heterocycles. The van der Waals surface area contributed by atoms with E-state index in [1.54, 1.807) is 0 Å². The second kappa shape index (κ2) is 4.74. The molecule has 0 aliphatic heterocycles. The molecule has 0 radical (unpaired) electrons. The van der Waals surface area contributed by atoms with E-state index in [1.807, 2.05) is 0 Å². The predicted molar refractivity (Wildman–Crippen MR) is 62.9 cm³/mol. The molecule has 0 aromatic heterocycles. The van der Waals surface area contributed by atoms with Gasteiger partial charge >= 0.3 is 5.97 Å². The molecule has 3 nitrogen and oxygen atoms in total. The van der Waals surface area contributed by atoms with Gasteiger partial charge in [-0.3, -0.25) is 4.79 Å². The molecule has 2 saturated carbocycles. The molecule has 0 spiro atoms. The molecular formula is C13H23NO2. The maximum absolute atomic E-state index is 12.0. The number of nitrogens with two attached hydrogens (primary N) is 1. The predicted octanol–water partition coefficient (Wildman–Crippen LogP) is 2.38. The SMILES string of the molecule is CC1CCC(N)(C(=O)OC2CCCC2)CC1. The molecule has 0 unspecified atom stereocenters. The van der Waals surface area contributed by atoms with Crippen molar-refractivity contribution in [3.05, 3.63) is 0 Å². The Balaban J connectivity index is 1.87. The summed E-state index contributed by atoms with van der Waals surface area (Å²) in [6, 6.07) is 0. The zero-order valence-electron chi connectivity index (χ0n) is 10.2. The van der Waals surface area contributed by atoms with E-state index in [9.17, 15) is 4.79 Å². The number of esters is 1. The van der Waals surface area contributed by atoms with Crippen LogP contribution in [0.4, 0.5) is 0 Å². The Bertz CT molecular complexity index is 251. The van der Waals surface area contributed by atoms with Gasteiger partial charge < -0.3 is 10.5 Å². The van der Waals surface area contributed by atoms with E-state index in [0.717, 1.165) is 38.5 Å². The summed E-state index contributed by atoms with van der Waals surface area (Å²) in [5.74, 6) is 0.558. The smallest absolute Gasteiger partial charge is 0.326 e. The van der Waals surface area contributed by atoms with Gasteiger partial charge in [-0.15, -0.1) is 0 Å². The van der Waals surface area contributed by atoms with Gasteiger partial charge in [0.1, 0.15) is 11.6 Å². The number of carbonyl (C=O) groups excluding carboxylic acids is 1. The third-order valence-electron chi connectivity index (χ3n) is 4.15. The zero-order valence-corrected chi connectivity index (χ0v) is 10.2. The summed E-state index contributed by atoms with van der Waals surface area (Å²) in [5, 5.41) is 0. The molecule has 0 atom stereocenters. The molecule has 2 aliphatic carbocycles. The molecule has 0 amide bonds. The van der Waals surface area contributed by atoms with Crippen LogP contribution in [-0.4, -0.2) is 17.6 Å². The van der Waals surface area contributed by atoms with E-state index in [-0.39, 0.29) is 12.1 Å². The van der Waals surface area contributed by atoms with Gasteiger partial charge in [0.05, 0.1) is 0 Å². The van der Waals surface area contributed by atoms with Gasteiger partial charge in [-0.1, -0.05) is 6.92 Å². The number of hydrogen-bond acceptors (Lipinski definition) is 3. The highest BCUT2D eigenvalue weighted by molar-refractivity contribution is 5.80. The minimum atomic E-state index is -0.685. The van der Waals surface area contributed by atoms with E-state index < -0.39 is 5.54 Å². The Morgan fingerprint density at radius 3 is 2.31 bits per heavy atom. The molecule has 2 fully saturated rings. The Kier molecular flexibility index (Phi) is 3.53. The lowest BCUT2D eigenvalue weighted by Crippen LogP contribution is -2.52. The average Bonchev–Trinajstić information content (AvgIpc) is 2.75. The normalized spacial score (nSPS) is 36.2. The van der Waals surface area contributed by atoms with E-state index in [4.69, 9.17) is 10.5 Å². The van der Waals surface area contributed by atoms with Crippen molar-refractivity contribution in [2.75, 3.05) is 0 Å². The molecule has 3 heteroatoms. The van der Waals surface area contributed by atoms with Crippen LogP contribution in [0.25, 0.3) is 0 Å². The fourth-order valence-corrected chi connectivity index (χ4v) is 2.76. The van der Waals surface area contributed by atoms with Crippen LogP contribution < -0.4 is 5.73 Å². The molecule has 16 heavy (non-hydrogen) atoms. The summed E-state index contributed by atoms with van der Waals surface area (Å²) in [6.45, 7) is 2.22. The largest absolute Gasteiger partial charge is 0.461 e. The first-order valence-corrected chi connectivity index (χ1v) is 6.60. The van der Waals surface area contributed by atoms with Crippen molar-refractivity contribution in [2.45, 2.75) is 69.9 Å². The van der Waals surface area contributed by atoms with Crippen LogP contribution in [0, 0.1) is 5.92 Å². The molecule has 0 saturated heterocycles. The Labute approximate surface area is 97.7 Å². The molecule has 0 aromatic carbocycles. The first-order valence-electron chi connectivity index (χ1n) is 6.60. The fraction of sp³-hybridized carbons (Fsp3) is 0.923. The van der Waals surface area contributed by atoms with Gasteiger partial charge in [0.15, 0.2) is 0 Å². The summed E-state index contributed by atoms with van der Waals surface area (Å²) in [7, 11) is 0. The van der Waals surface area contributed by atoms with Crippen molar-refractivity contribution in [1.29, 1.82) is 0 Å². The van der Waals surface area contributed by atoms with E-state index >= 15 is 0 Å². The molecule has 2 aliphatic rings. The monoisotopic (exact) mass is 225 g/mol. The number of ether oxygens (including phenoxy) is 1. The van der Waals surface area contributed by atoms with Crippen molar-refractivity contribution in [2.24, 2.45) is 11.7 Å². The Morgan fingerprint density at radius 2 is 1.75 bits per heavy atom. The van der Waals surface area contributed by atoms with Gasteiger partial charge in [0.2, 0.25) is 0 Å². The average molecular weight is 225 g/mol. The van der Waals surface area contributed by atoms with E-state index in [1.165, 1.54) is 12.8 Å². The number of hydrogen-bond donors (Lipinski definition) is 1. The summed E-state index contributed by atoms with van der Waals surface area (Å²) in [6.07, 6.45) is 8.26. The molecule has 2 N–H and O–H groups in total. The van der Waals surface area contributed by atoms with E-state index in [2.05, 4.69) is 6.92 Å². The fourth-order valence-electron chi connectivity index (χ4n) is 2.76. The van der Waals surface area contributed by atoms with Crippen molar-refractivity contribution in [3.8, 4) is 0 Å². The molecule has 2 rings (SSSR count). The van der Waals surface area contributed by atoms with Crippen LogP contribution in [0.15, 0.2) is 0 Å². The van der Waals surface area contributed by atoms with Gasteiger partial charge in [-0.25, -0.2) is 0 Å². The van der Waals surface area contributed by atoms with Gasteiger partial charge in [0.25, 0.3) is 0 Å². The quantitative estimate of drug-likeness (QED) is 0.734. The maximum Gasteiger partial charge on any atom is 0.326 e. The summed E-state index contributed by atoms with van der Waals surface area (Å²) >= 11 is 0. The number of rotatable bonds is 2. The summed E-state index contributed by atoms with van der Waals surface area (Å²) in [5.41, 5.74) is 5.48. The topological polar surface area (TPSA) is 52.3 Å². The van der Waals surface area contributed by atoms with Crippen LogP contribution in [0.3, 0.4) is 0 Å². The van der Waals surface area contributed by atoms with Crippen molar-refractivity contribution < 1.29 is 9.53 Å². The minimum Gasteiger partial charge on any atom is -0.461 e. The van der Waals surface area contributed by atoms with Crippen molar-refractivity contribution >= 4 is 5.97 Å². The lowest BCUT2D eigenvalue weighted by molar-refractivity contribution is -0.157. The second-order valence-corrected chi connectivity index (χ2v) is 5.65. The van der Waals surface area contributed by atoms with Crippen molar-refractivity contribution in [3.63, 3.8) is 0 Å². The van der Waals surface area contributed by atoms with Crippen LogP contribution in [0.5, 0.6) is 0 Å². The maximum atomic E-state index is 12.0. The van der Waals surface area contributed by atoms with E-state index in [0.29, 0.717) is 5.92 Å². The summed E-state index contributed by atoms with van der Waals surface area (Å²) in [4.78, 5) is 12.0. The van der Waals surface area contributed by atoms with Crippen molar-refractivity contribution in [1.82, 2.24) is 0 Å². The number of carbonyl (C=O) groups is 1. The second-order valence-electron chi connectivity index (χ2n) is 5.65. The standard InChI is InChI=1S/C13H23NO2/c1-10-6-8-13(14,9-7-10)12(15)16-11-4-2-3-5-11/h10-11H,2-9,14H2,1H3. The van der Waals surface area contributed by atoms with Gasteiger partial charge in [0, 0.05) is 0 Å². The highest BCUT2D eigenvalue weighted by atomic mass is 16.5. The van der Waals surface area contributed by atoms with Crippen LogP contribution in [-0.2, 0) is 9.53 Å². The first-order chi connectivity index (χ1) is 7.60. The highest BCUT2D eigenvalue weighted by Crippen LogP contribution is 2.32. The minimum absolute atomic E-state index is 0.146. The van der Waals surface area contributed by atoms with Gasteiger partial charge in [-0.05, 0) is 57.3 Å². The first kappa shape index (κ1) is 11.9. The lowest BCUT2D eigenvalue weighted by Gasteiger charge is -2.34. The molecule has 0 bridgehead atoms. The highest BCUT2D eigenvalue weighted by Gasteiger charge is 2.39. The van der Waals surface area contributed by atoms with Crippen LogP contribution in [0.2, 0.25) is 0 Å². The zero-order chi connectivity index (χ0) is 11.6. The lowest BCUT2D eigenvalue weighted by atomic mass is 9.78. The summed E-state index contributed by atoms with van der Waals surface area (Å²) < 4.78 is 5.53. The van der Waals surface area contributed by atoms with Gasteiger partial charge in [-0.2, -0.15) is 0 Å². The molecule has 92 valence electrons. The molecular weight excluding hydrogens is 202 g/mol. The Morgan fingerprint density at radius 1 is 1.19 bits per heavy atom. The third kappa shape index (κ3) is 2.57. The van der Waals surface area contributed by atoms with Crippen LogP contribution in [0.1, 0.15) is 58.3 Å². The molecule has 0 aromatic rings. The van der Waals surface area contributed by atoms with Crippen LogP contribution >= 0.6 is 0 Å². The Hall–Kier alpha value is -0.570.